The molecule has 0 saturated carbocycles. The first-order valence-electron chi connectivity index (χ1n) is 10.3. The van der Waals surface area contributed by atoms with Crippen molar-refractivity contribution in [2.45, 2.75) is 20.0 Å². The Morgan fingerprint density at radius 1 is 1.14 bits per heavy atom. The molecule has 35 heavy (non-hydrogen) atoms. The second-order valence-corrected chi connectivity index (χ2v) is 7.82. The lowest BCUT2D eigenvalue weighted by atomic mass is 10.1. The van der Waals surface area contributed by atoms with Crippen molar-refractivity contribution in [2.75, 3.05) is 0 Å². The van der Waals surface area contributed by atoms with Crippen LogP contribution < -0.4 is 4.74 Å². The van der Waals surface area contributed by atoms with Crippen molar-refractivity contribution in [1.29, 1.82) is 5.26 Å². The number of fused-ring (bicyclic) bond motifs is 1. The number of imidazole rings is 1. The standard InChI is InChI=1S/C25H17F3N4O3/c1-14-8-20-21(9-15(14)2)31-24(30-20)17(13-29)10-16-4-3-5-19(11-16)35-23-7-6-18(25(26,27)28)12-22(23)32(33)34/h3-12H,1-2H3,(H,30,31)/b17-10+. The van der Waals surface area contributed by atoms with Crippen LogP contribution in [0.1, 0.15) is 28.1 Å². The van der Waals surface area contributed by atoms with Crippen LogP contribution in [0.25, 0.3) is 22.7 Å². The summed E-state index contributed by atoms with van der Waals surface area (Å²) in [5.74, 6) is 0.180. The number of nitrogens with zero attached hydrogens (tertiary/aromatic N) is 3. The van der Waals surface area contributed by atoms with Crippen molar-refractivity contribution in [3.63, 3.8) is 0 Å². The summed E-state index contributed by atoms with van der Waals surface area (Å²) in [4.78, 5) is 18.0. The van der Waals surface area contributed by atoms with Gasteiger partial charge in [0.05, 0.1) is 27.1 Å². The van der Waals surface area contributed by atoms with Crippen LogP contribution in [-0.4, -0.2) is 14.9 Å². The highest BCUT2D eigenvalue weighted by atomic mass is 19.4. The van der Waals surface area contributed by atoms with Gasteiger partial charge in [-0.05, 0) is 73.0 Å². The number of allylic oxidation sites excluding steroid dienone is 1. The zero-order chi connectivity index (χ0) is 25.3. The van der Waals surface area contributed by atoms with E-state index in [1.807, 2.05) is 26.0 Å². The van der Waals surface area contributed by atoms with Crippen molar-refractivity contribution in [2.24, 2.45) is 0 Å². The average molecular weight is 478 g/mol. The van der Waals surface area contributed by atoms with Gasteiger partial charge in [0.25, 0.3) is 0 Å². The lowest BCUT2D eigenvalue weighted by Crippen LogP contribution is -2.06. The van der Waals surface area contributed by atoms with E-state index in [0.717, 1.165) is 28.2 Å². The monoisotopic (exact) mass is 478 g/mol. The lowest BCUT2D eigenvalue weighted by molar-refractivity contribution is -0.385. The third-order valence-corrected chi connectivity index (χ3v) is 5.35. The van der Waals surface area contributed by atoms with E-state index in [9.17, 15) is 28.5 Å². The Morgan fingerprint density at radius 3 is 2.57 bits per heavy atom. The Bertz CT molecular complexity index is 1490. The van der Waals surface area contributed by atoms with Gasteiger partial charge in [-0.25, -0.2) is 4.98 Å². The summed E-state index contributed by atoms with van der Waals surface area (Å²) in [5, 5.41) is 21.0. The maximum atomic E-state index is 12.9. The molecule has 0 aliphatic rings. The minimum absolute atomic E-state index is 0.148. The topological polar surface area (TPSA) is 105 Å². The summed E-state index contributed by atoms with van der Waals surface area (Å²) < 4.78 is 44.4. The van der Waals surface area contributed by atoms with E-state index in [1.165, 1.54) is 12.1 Å². The molecule has 0 saturated heterocycles. The Labute approximate surface area is 197 Å². The predicted molar refractivity (Wildman–Crippen MR) is 124 cm³/mol. The SMILES string of the molecule is Cc1cc2nc(/C(C#N)=C/c3cccc(Oc4ccc(C(F)(F)F)cc4[N+](=O)[O-])c3)[nH]c2cc1C. The average Bonchev–Trinajstić information content (AvgIpc) is 3.19. The number of nitro benzene ring substituents is 1. The summed E-state index contributed by atoms with van der Waals surface area (Å²) in [6, 6.07) is 14.3. The highest BCUT2D eigenvalue weighted by Crippen LogP contribution is 2.38. The van der Waals surface area contributed by atoms with Crippen LogP contribution in [0.5, 0.6) is 11.5 Å². The molecule has 0 aliphatic heterocycles. The van der Waals surface area contributed by atoms with E-state index >= 15 is 0 Å². The molecule has 0 radical (unpaired) electrons. The molecule has 1 heterocycles. The minimum atomic E-state index is -4.73. The molecule has 0 bridgehead atoms. The Kier molecular flexibility index (Phi) is 6.01. The van der Waals surface area contributed by atoms with E-state index < -0.39 is 22.4 Å². The second kappa shape index (κ2) is 8.95. The highest BCUT2D eigenvalue weighted by molar-refractivity contribution is 5.90. The molecule has 0 amide bonds. The fourth-order valence-electron chi connectivity index (χ4n) is 3.43. The van der Waals surface area contributed by atoms with Gasteiger partial charge < -0.3 is 9.72 Å². The second-order valence-electron chi connectivity index (χ2n) is 7.82. The van der Waals surface area contributed by atoms with Gasteiger partial charge in [-0.1, -0.05) is 12.1 Å². The number of hydrogen-bond donors (Lipinski definition) is 1. The zero-order valence-electron chi connectivity index (χ0n) is 18.5. The van der Waals surface area contributed by atoms with E-state index in [-0.39, 0.29) is 17.1 Å². The number of alkyl halides is 3. The van der Waals surface area contributed by atoms with Crippen LogP contribution in [0.3, 0.4) is 0 Å². The quantitative estimate of drug-likeness (QED) is 0.190. The summed E-state index contributed by atoms with van der Waals surface area (Å²) >= 11 is 0. The number of aromatic amines is 1. The van der Waals surface area contributed by atoms with Gasteiger partial charge >= 0.3 is 11.9 Å². The van der Waals surface area contributed by atoms with Gasteiger partial charge in [0.15, 0.2) is 0 Å². The van der Waals surface area contributed by atoms with Crippen LogP contribution in [-0.2, 0) is 6.18 Å². The molecular formula is C25H17F3N4O3. The first-order valence-corrected chi connectivity index (χ1v) is 10.3. The minimum Gasteiger partial charge on any atom is -0.450 e. The van der Waals surface area contributed by atoms with Crippen LogP contribution >= 0.6 is 0 Å². The number of nitriles is 1. The summed E-state index contributed by atoms with van der Waals surface area (Å²) in [6.07, 6.45) is -3.17. The number of rotatable bonds is 5. The number of hydrogen-bond acceptors (Lipinski definition) is 5. The zero-order valence-corrected chi connectivity index (χ0v) is 18.5. The molecule has 0 fully saturated rings. The van der Waals surface area contributed by atoms with Gasteiger partial charge in [-0.15, -0.1) is 0 Å². The summed E-state index contributed by atoms with van der Waals surface area (Å²) in [7, 11) is 0. The van der Waals surface area contributed by atoms with Gasteiger partial charge in [0.1, 0.15) is 17.6 Å². The Morgan fingerprint density at radius 2 is 1.89 bits per heavy atom. The molecule has 0 unspecified atom stereocenters. The molecule has 4 rings (SSSR count). The van der Waals surface area contributed by atoms with Gasteiger partial charge in [0, 0.05) is 6.07 Å². The van der Waals surface area contributed by atoms with Crippen molar-refractivity contribution in [3.05, 3.63) is 92.8 Å². The molecule has 1 aromatic heterocycles. The van der Waals surface area contributed by atoms with Gasteiger partial charge in [-0.2, -0.15) is 18.4 Å². The van der Waals surface area contributed by atoms with Crippen LogP contribution in [0.15, 0.2) is 54.6 Å². The molecule has 4 aromatic rings. The number of aromatic nitrogens is 2. The molecular weight excluding hydrogens is 461 g/mol. The van der Waals surface area contributed by atoms with E-state index in [4.69, 9.17) is 4.74 Å². The van der Waals surface area contributed by atoms with Crippen molar-refractivity contribution in [3.8, 4) is 17.6 Å². The molecule has 3 aromatic carbocycles. The summed E-state index contributed by atoms with van der Waals surface area (Å²) in [6.45, 7) is 3.94. The number of ether oxygens (including phenoxy) is 1. The third kappa shape index (κ3) is 4.99. The van der Waals surface area contributed by atoms with E-state index in [0.29, 0.717) is 23.5 Å². The maximum absolute atomic E-state index is 12.9. The summed E-state index contributed by atoms with van der Waals surface area (Å²) in [5.41, 5.74) is 2.47. The smallest absolute Gasteiger partial charge is 0.416 e. The van der Waals surface area contributed by atoms with Crippen molar-refractivity contribution >= 4 is 28.4 Å². The number of nitro groups is 1. The third-order valence-electron chi connectivity index (χ3n) is 5.35. The molecule has 10 heteroatoms. The number of halogens is 3. The number of nitrogens with one attached hydrogen (secondary N) is 1. The fourth-order valence-corrected chi connectivity index (χ4v) is 3.43. The first-order chi connectivity index (χ1) is 16.5. The molecule has 0 spiro atoms. The Hall–Kier alpha value is -4.65. The molecule has 176 valence electrons. The van der Waals surface area contributed by atoms with E-state index in [2.05, 4.69) is 16.0 Å². The molecule has 7 nitrogen and oxygen atoms in total. The number of aryl methyl sites for hydroxylation is 2. The normalized spacial score (nSPS) is 11.9. The van der Waals surface area contributed by atoms with E-state index in [1.54, 1.807) is 18.2 Å². The maximum Gasteiger partial charge on any atom is 0.416 e. The highest BCUT2D eigenvalue weighted by Gasteiger charge is 2.33. The number of H-pyrrole nitrogens is 1. The van der Waals surface area contributed by atoms with Crippen molar-refractivity contribution < 1.29 is 22.8 Å². The lowest BCUT2D eigenvalue weighted by Gasteiger charge is -2.10. The molecule has 1 N–H and O–H groups in total. The Balaban J connectivity index is 1.66. The van der Waals surface area contributed by atoms with Crippen LogP contribution in [0, 0.1) is 35.3 Å². The number of benzene rings is 3. The predicted octanol–water partition coefficient (Wildman–Crippen LogP) is 6.96. The molecule has 0 atom stereocenters. The van der Waals surface area contributed by atoms with Gasteiger partial charge in [-0.3, -0.25) is 10.1 Å². The van der Waals surface area contributed by atoms with Crippen LogP contribution in [0.4, 0.5) is 18.9 Å². The molecule has 0 aliphatic carbocycles. The van der Waals surface area contributed by atoms with Crippen molar-refractivity contribution in [1.82, 2.24) is 9.97 Å². The fraction of sp³-hybridized carbons (Fsp3) is 0.120. The van der Waals surface area contributed by atoms with Crippen LogP contribution in [0.2, 0.25) is 0 Å². The first kappa shape index (κ1) is 23.5. The van der Waals surface area contributed by atoms with Gasteiger partial charge in [0.2, 0.25) is 5.75 Å². The largest absolute Gasteiger partial charge is 0.450 e.